The molecule has 1 aromatic heterocycles. The third-order valence-corrected chi connectivity index (χ3v) is 3.59. The molecule has 0 bridgehead atoms. The summed E-state index contributed by atoms with van der Waals surface area (Å²) in [5.41, 5.74) is 2.30. The van der Waals surface area contributed by atoms with Gasteiger partial charge in [0.1, 0.15) is 0 Å². The second-order valence-electron chi connectivity index (χ2n) is 5.55. The molecule has 0 aromatic carbocycles. The van der Waals surface area contributed by atoms with Crippen LogP contribution >= 0.6 is 24.0 Å². The minimum absolute atomic E-state index is 0. The van der Waals surface area contributed by atoms with Gasteiger partial charge in [-0.1, -0.05) is 12.2 Å². The van der Waals surface area contributed by atoms with Crippen molar-refractivity contribution in [3.05, 3.63) is 29.6 Å². The molecule has 0 fully saturated rings. The Hall–Kier alpha value is -1.05. The van der Waals surface area contributed by atoms with Gasteiger partial charge in [-0.2, -0.15) is 5.10 Å². The highest BCUT2D eigenvalue weighted by Crippen LogP contribution is 2.08. The van der Waals surface area contributed by atoms with Crippen molar-refractivity contribution in [2.45, 2.75) is 52.6 Å². The van der Waals surface area contributed by atoms with Gasteiger partial charge in [0.2, 0.25) is 0 Å². The number of nitrogens with zero attached hydrogens (tertiary/aromatic N) is 3. The van der Waals surface area contributed by atoms with Crippen LogP contribution in [-0.2, 0) is 6.54 Å². The summed E-state index contributed by atoms with van der Waals surface area (Å²) in [5.74, 6) is 0.930. The Morgan fingerprint density at radius 3 is 2.68 bits per heavy atom. The van der Waals surface area contributed by atoms with Crippen molar-refractivity contribution in [3.63, 3.8) is 0 Å². The van der Waals surface area contributed by atoms with Crippen LogP contribution in [0.25, 0.3) is 0 Å². The maximum Gasteiger partial charge on any atom is 0.191 e. The standard InChI is InChI=1S/C16H27N5.HI/c1-4-17-16(19-15-8-5-6-9-15)18-10-7-11-21-14(3)12-13(2)20-21;/h5-6,12,15H,4,7-11H2,1-3H3,(H2,17,18,19);1H. The number of hydrogen-bond donors (Lipinski definition) is 2. The zero-order valence-corrected chi connectivity index (χ0v) is 16.1. The van der Waals surface area contributed by atoms with Crippen molar-refractivity contribution in [2.24, 2.45) is 4.99 Å². The predicted octanol–water partition coefficient (Wildman–Crippen LogP) is 2.78. The fraction of sp³-hybridized carbons (Fsp3) is 0.625. The second kappa shape index (κ2) is 9.86. The molecule has 1 aliphatic rings. The van der Waals surface area contributed by atoms with E-state index in [1.54, 1.807) is 0 Å². The Bertz CT molecular complexity index is 499. The molecule has 1 aromatic rings. The van der Waals surface area contributed by atoms with Crippen LogP contribution < -0.4 is 10.6 Å². The van der Waals surface area contributed by atoms with E-state index in [9.17, 15) is 0 Å². The van der Waals surface area contributed by atoms with Crippen LogP contribution in [0, 0.1) is 13.8 Å². The molecule has 1 aliphatic carbocycles. The van der Waals surface area contributed by atoms with Crippen molar-refractivity contribution in [2.75, 3.05) is 13.1 Å². The number of guanidine groups is 1. The average molecular weight is 417 g/mol. The van der Waals surface area contributed by atoms with Crippen molar-refractivity contribution >= 4 is 29.9 Å². The fourth-order valence-corrected chi connectivity index (χ4v) is 2.56. The van der Waals surface area contributed by atoms with Crippen molar-refractivity contribution in [3.8, 4) is 0 Å². The fourth-order valence-electron chi connectivity index (χ4n) is 2.56. The number of aryl methyl sites for hydroxylation is 3. The Labute approximate surface area is 150 Å². The van der Waals surface area contributed by atoms with Gasteiger partial charge < -0.3 is 10.6 Å². The quantitative estimate of drug-likeness (QED) is 0.246. The maximum absolute atomic E-state index is 4.65. The summed E-state index contributed by atoms with van der Waals surface area (Å²) in [6, 6.07) is 2.61. The van der Waals surface area contributed by atoms with Crippen LogP contribution in [0.2, 0.25) is 0 Å². The van der Waals surface area contributed by atoms with Gasteiger partial charge in [-0.3, -0.25) is 9.67 Å². The molecule has 0 radical (unpaired) electrons. The van der Waals surface area contributed by atoms with Gasteiger partial charge in [-0.25, -0.2) is 0 Å². The van der Waals surface area contributed by atoms with E-state index in [4.69, 9.17) is 0 Å². The molecule has 1 heterocycles. The smallest absolute Gasteiger partial charge is 0.191 e. The lowest BCUT2D eigenvalue weighted by atomic mass is 10.2. The molecule has 2 rings (SSSR count). The second-order valence-corrected chi connectivity index (χ2v) is 5.55. The molecule has 6 heteroatoms. The van der Waals surface area contributed by atoms with Gasteiger partial charge in [0, 0.05) is 31.4 Å². The van der Waals surface area contributed by atoms with Crippen LogP contribution in [0.15, 0.2) is 23.2 Å². The Kier molecular flexibility index (Phi) is 8.52. The number of halogens is 1. The van der Waals surface area contributed by atoms with Crippen LogP contribution in [0.3, 0.4) is 0 Å². The zero-order chi connectivity index (χ0) is 15.1. The highest BCUT2D eigenvalue weighted by Gasteiger charge is 2.11. The Morgan fingerprint density at radius 2 is 2.09 bits per heavy atom. The summed E-state index contributed by atoms with van der Waals surface area (Å²) < 4.78 is 2.06. The first-order valence-electron chi connectivity index (χ1n) is 7.90. The van der Waals surface area contributed by atoms with E-state index in [1.807, 2.05) is 6.92 Å². The third kappa shape index (κ3) is 5.98. The van der Waals surface area contributed by atoms with E-state index in [-0.39, 0.29) is 24.0 Å². The van der Waals surface area contributed by atoms with Gasteiger partial charge in [-0.05, 0) is 46.1 Å². The molecule has 124 valence electrons. The van der Waals surface area contributed by atoms with Crippen LogP contribution in [0.4, 0.5) is 0 Å². The van der Waals surface area contributed by atoms with Gasteiger partial charge in [0.25, 0.3) is 0 Å². The molecule has 2 N–H and O–H groups in total. The van der Waals surface area contributed by atoms with Crippen molar-refractivity contribution < 1.29 is 0 Å². The molecule has 0 amide bonds. The maximum atomic E-state index is 4.65. The molecule has 0 aliphatic heterocycles. The van der Waals surface area contributed by atoms with Gasteiger partial charge in [0.15, 0.2) is 5.96 Å². The summed E-state index contributed by atoms with van der Waals surface area (Å²) >= 11 is 0. The summed E-state index contributed by atoms with van der Waals surface area (Å²) in [6.07, 6.45) is 7.64. The molecule has 0 spiro atoms. The number of hydrogen-bond acceptors (Lipinski definition) is 2. The minimum Gasteiger partial charge on any atom is -0.357 e. The first-order valence-corrected chi connectivity index (χ1v) is 7.90. The van der Waals surface area contributed by atoms with E-state index >= 15 is 0 Å². The summed E-state index contributed by atoms with van der Waals surface area (Å²) in [5, 5.41) is 11.3. The Morgan fingerprint density at radius 1 is 1.36 bits per heavy atom. The molecule has 0 saturated carbocycles. The number of aliphatic imine (C=N–C) groups is 1. The lowest BCUT2D eigenvalue weighted by Crippen LogP contribution is -2.42. The van der Waals surface area contributed by atoms with E-state index in [0.29, 0.717) is 6.04 Å². The van der Waals surface area contributed by atoms with Gasteiger partial charge in [0.05, 0.1) is 5.69 Å². The number of aromatic nitrogens is 2. The highest BCUT2D eigenvalue weighted by molar-refractivity contribution is 14.0. The molecule has 5 nitrogen and oxygen atoms in total. The van der Waals surface area contributed by atoms with Gasteiger partial charge >= 0.3 is 0 Å². The molecular formula is C16H28IN5. The van der Waals surface area contributed by atoms with E-state index in [2.05, 4.69) is 57.5 Å². The molecule has 0 unspecified atom stereocenters. The largest absolute Gasteiger partial charge is 0.357 e. The molecular weight excluding hydrogens is 389 g/mol. The monoisotopic (exact) mass is 417 g/mol. The lowest BCUT2D eigenvalue weighted by molar-refractivity contribution is 0.565. The number of nitrogens with one attached hydrogen (secondary N) is 2. The van der Waals surface area contributed by atoms with Crippen LogP contribution in [0.1, 0.15) is 37.6 Å². The molecule has 22 heavy (non-hydrogen) atoms. The summed E-state index contributed by atoms with van der Waals surface area (Å²) in [6.45, 7) is 8.86. The summed E-state index contributed by atoms with van der Waals surface area (Å²) in [7, 11) is 0. The summed E-state index contributed by atoms with van der Waals surface area (Å²) in [4.78, 5) is 4.65. The average Bonchev–Trinajstić information content (AvgIpc) is 3.05. The minimum atomic E-state index is 0. The van der Waals surface area contributed by atoms with E-state index in [0.717, 1.165) is 50.6 Å². The Balaban J connectivity index is 0.00000242. The van der Waals surface area contributed by atoms with Crippen molar-refractivity contribution in [1.29, 1.82) is 0 Å². The van der Waals surface area contributed by atoms with Crippen LogP contribution in [-0.4, -0.2) is 34.9 Å². The highest BCUT2D eigenvalue weighted by atomic mass is 127. The van der Waals surface area contributed by atoms with E-state index in [1.165, 1.54) is 5.69 Å². The SMILES string of the molecule is CCNC(=NCCCn1nc(C)cc1C)NC1CC=CC1.I. The predicted molar refractivity (Wildman–Crippen MR) is 103 cm³/mol. The zero-order valence-electron chi connectivity index (χ0n) is 13.8. The van der Waals surface area contributed by atoms with Crippen LogP contribution in [0.5, 0.6) is 0 Å². The van der Waals surface area contributed by atoms with E-state index < -0.39 is 0 Å². The first kappa shape index (κ1) is 19.0. The topological polar surface area (TPSA) is 54.2 Å². The third-order valence-electron chi connectivity index (χ3n) is 3.59. The lowest BCUT2D eigenvalue weighted by Gasteiger charge is -2.16. The first-order chi connectivity index (χ1) is 10.2. The van der Waals surface area contributed by atoms with Gasteiger partial charge in [-0.15, -0.1) is 24.0 Å². The van der Waals surface area contributed by atoms with Crippen molar-refractivity contribution in [1.82, 2.24) is 20.4 Å². The molecule has 0 saturated heterocycles. The normalized spacial score (nSPS) is 15.0. The molecule has 0 atom stereocenters. The number of rotatable bonds is 6.